The zero-order chi connectivity index (χ0) is 16.1. The molecule has 1 saturated heterocycles. The zero-order valence-electron chi connectivity index (χ0n) is 13.3. The standard InChI is InChI=1S/C17H21N3O2S/c1-13-18-16(22-19-13)7-8-17(21)20-10-9-14(11-20)12-23-15-5-3-2-4-6-15/h2-6,14H,7-12H2,1H3. The van der Waals surface area contributed by atoms with E-state index in [-0.39, 0.29) is 5.91 Å². The van der Waals surface area contributed by atoms with Crippen molar-refractivity contribution in [2.75, 3.05) is 18.8 Å². The second kappa shape index (κ2) is 7.64. The predicted octanol–water partition coefficient (Wildman–Crippen LogP) is 2.95. The summed E-state index contributed by atoms with van der Waals surface area (Å²) in [6, 6.07) is 10.4. The Hall–Kier alpha value is -1.82. The van der Waals surface area contributed by atoms with Crippen molar-refractivity contribution >= 4 is 17.7 Å². The fraction of sp³-hybridized carbons (Fsp3) is 0.471. The van der Waals surface area contributed by atoms with Gasteiger partial charge in [-0.05, 0) is 31.4 Å². The Balaban J connectivity index is 1.41. The average molecular weight is 331 g/mol. The Morgan fingerprint density at radius 2 is 2.22 bits per heavy atom. The Morgan fingerprint density at radius 3 is 2.96 bits per heavy atom. The summed E-state index contributed by atoms with van der Waals surface area (Å²) in [4.78, 5) is 19.7. The van der Waals surface area contributed by atoms with Crippen LogP contribution in [0.4, 0.5) is 0 Å². The van der Waals surface area contributed by atoms with Crippen molar-refractivity contribution in [3.63, 3.8) is 0 Å². The van der Waals surface area contributed by atoms with Crippen molar-refractivity contribution in [3.05, 3.63) is 42.0 Å². The molecule has 3 rings (SSSR count). The Bertz CT molecular complexity index is 644. The molecule has 1 amide bonds. The highest BCUT2D eigenvalue weighted by molar-refractivity contribution is 7.99. The highest BCUT2D eigenvalue weighted by Crippen LogP contribution is 2.26. The molecule has 1 aromatic heterocycles. The number of carbonyl (C=O) groups excluding carboxylic acids is 1. The van der Waals surface area contributed by atoms with Gasteiger partial charge in [0.1, 0.15) is 0 Å². The number of aryl methyl sites for hydroxylation is 2. The Labute approximate surface area is 140 Å². The van der Waals surface area contributed by atoms with Crippen molar-refractivity contribution in [1.82, 2.24) is 15.0 Å². The van der Waals surface area contributed by atoms with Gasteiger partial charge in [0.2, 0.25) is 11.8 Å². The van der Waals surface area contributed by atoms with E-state index >= 15 is 0 Å². The molecule has 0 radical (unpaired) electrons. The van der Waals surface area contributed by atoms with Gasteiger partial charge < -0.3 is 9.42 Å². The molecule has 122 valence electrons. The lowest BCUT2D eigenvalue weighted by molar-refractivity contribution is -0.130. The molecule has 1 unspecified atom stereocenters. The SMILES string of the molecule is Cc1noc(CCC(=O)N2CCC(CSc3ccccc3)C2)n1. The molecule has 2 heterocycles. The van der Waals surface area contributed by atoms with Crippen molar-refractivity contribution in [2.24, 2.45) is 5.92 Å². The van der Waals surface area contributed by atoms with E-state index in [1.807, 2.05) is 22.7 Å². The molecule has 0 bridgehead atoms. The maximum Gasteiger partial charge on any atom is 0.227 e. The number of rotatable bonds is 6. The fourth-order valence-corrected chi connectivity index (χ4v) is 3.79. The predicted molar refractivity (Wildman–Crippen MR) is 89.2 cm³/mol. The van der Waals surface area contributed by atoms with E-state index in [0.717, 1.165) is 25.3 Å². The number of aromatic nitrogens is 2. The number of likely N-dealkylation sites (tertiary alicyclic amines) is 1. The van der Waals surface area contributed by atoms with Crippen LogP contribution >= 0.6 is 11.8 Å². The van der Waals surface area contributed by atoms with Gasteiger partial charge in [-0.2, -0.15) is 4.98 Å². The highest BCUT2D eigenvalue weighted by Gasteiger charge is 2.26. The van der Waals surface area contributed by atoms with Gasteiger partial charge in [-0.3, -0.25) is 4.79 Å². The molecular weight excluding hydrogens is 310 g/mol. The smallest absolute Gasteiger partial charge is 0.227 e. The molecule has 1 atom stereocenters. The van der Waals surface area contributed by atoms with Gasteiger partial charge in [-0.25, -0.2) is 0 Å². The van der Waals surface area contributed by atoms with Gasteiger partial charge in [0.15, 0.2) is 5.82 Å². The van der Waals surface area contributed by atoms with E-state index in [4.69, 9.17) is 4.52 Å². The van der Waals surface area contributed by atoms with Crippen LogP contribution in [0.2, 0.25) is 0 Å². The number of hydrogen-bond donors (Lipinski definition) is 0. The molecule has 0 saturated carbocycles. The van der Waals surface area contributed by atoms with E-state index in [0.29, 0.717) is 30.5 Å². The minimum absolute atomic E-state index is 0.188. The van der Waals surface area contributed by atoms with E-state index < -0.39 is 0 Å². The van der Waals surface area contributed by atoms with Crippen LogP contribution in [0.25, 0.3) is 0 Å². The van der Waals surface area contributed by atoms with Crippen molar-refractivity contribution in [2.45, 2.75) is 31.1 Å². The van der Waals surface area contributed by atoms with Crippen molar-refractivity contribution in [3.8, 4) is 0 Å². The molecule has 0 spiro atoms. The highest BCUT2D eigenvalue weighted by atomic mass is 32.2. The third-order valence-corrected chi connectivity index (χ3v) is 5.23. The third-order valence-electron chi connectivity index (χ3n) is 3.99. The van der Waals surface area contributed by atoms with Crippen LogP contribution < -0.4 is 0 Å². The topological polar surface area (TPSA) is 59.2 Å². The molecule has 1 aliphatic rings. The first-order valence-electron chi connectivity index (χ1n) is 7.95. The van der Waals surface area contributed by atoms with Crippen molar-refractivity contribution < 1.29 is 9.32 Å². The number of hydrogen-bond acceptors (Lipinski definition) is 5. The Morgan fingerprint density at radius 1 is 1.39 bits per heavy atom. The van der Waals surface area contributed by atoms with Crippen LogP contribution in [0.15, 0.2) is 39.8 Å². The lowest BCUT2D eigenvalue weighted by atomic mass is 10.2. The minimum Gasteiger partial charge on any atom is -0.342 e. The van der Waals surface area contributed by atoms with E-state index in [2.05, 4.69) is 34.4 Å². The molecule has 0 aliphatic carbocycles. The molecule has 2 aromatic rings. The largest absolute Gasteiger partial charge is 0.342 e. The summed E-state index contributed by atoms with van der Waals surface area (Å²) in [5.41, 5.74) is 0. The molecule has 1 aliphatic heterocycles. The summed E-state index contributed by atoms with van der Waals surface area (Å²) in [6.45, 7) is 3.51. The zero-order valence-corrected chi connectivity index (χ0v) is 14.1. The summed E-state index contributed by atoms with van der Waals surface area (Å²) in [6.07, 6.45) is 2.06. The molecule has 23 heavy (non-hydrogen) atoms. The maximum absolute atomic E-state index is 12.3. The molecular formula is C17H21N3O2S. The second-order valence-corrected chi connectivity index (χ2v) is 6.95. The van der Waals surface area contributed by atoms with E-state index in [1.54, 1.807) is 6.92 Å². The summed E-state index contributed by atoms with van der Waals surface area (Å²) < 4.78 is 5.05. The summed E-state index contributed by atoms with van der Waals surface area (Å²) >= 11 is 1.87. The van der Waals surface area contributed by atoms with Gasteiger partial charge in [0, 0.05) is 36.6 Å². The van der Waals surface area contributed by atoms with Crippen LogP contribution in [0.3, 0.4) is 0 Å². The molecule has 6 heteroatoms. The first-order valence-corrected chi connectivity index (χ1v) is 8.94. The van der Waals surface area contributed by atoms with E-state index in [1.165, 1.54) is 4.90 Å². The third kappa shape index (κ3) is 4.58. The molecule has 1 fully saturated rings. The minimum atomic E-state index is 0.188. The van der Waals surface area contributed by atoms with Crippen LogP contribution in [0.5, 0.6) is 0 Å². The number of benzene rings is 1. The lowest BCUT2D eigenvalue weighted by Gasteiger charge is -2.16. The van der Waals surface area contributed by atoms with Crippen LogP contribution in [-0.2, 0) is 11.2 Å². The van der Waals surface area contributed by atoms with Gasteiger partial charge in [-0.1, -0.05) is 23.4 Å². The van der Waals surface area contributed by atoms with Crippen molar-refractivity contribution in [1.29, 1.82) is 0 Å². The average Bonchev–Trinajstić information content (AvgIpc) is 3.21. The first kappa shape index (κ1) is 16.1. The van der Waals surface area contributed by atoms with Gasteiger partial charge >= 0.3 is 0 Å². The number of amides is 1. The number of nitrogens with zero attached hydrogens (tertiary/aromatic N) is 3. The molecule has 1 aromatic carbocycles. The second-order valence-electron chi connectivity index (χ2n) is 5.85. The summed E-state index contributed by atoms with van der Waals surface area (Å²) in [5, 5.41) is 3.74. The van der Waals surface area contributed by atoms with Gasteiger partial charge in [0.05, 0.1) is 0 Å². The monoisotopic (exact) mass is 331 g/mol. The summed E-state index contributed by atoms with van der Waals surface area (Å²) in [7, 11) is 0. The Kier molecular flexibility index (Phi) is 5.33. The first-order chi connectivity index (χ1) is 11.2. The fourth-order valence-electron chi connectivity index (χ4n) is 2.74. The van der Waals surface area contributed by atoms with E-state index in [9.17, 15) is 4.79 Å². The maximum atomic E-state index is 12.3. The molecule has 0 N–H and O–H groups in total. The van der Waals surface area contributed by atoms with Crippen LogP contribution in [0.1, 0.15) is 24.6 Å². The van der Waals surface area contributed by atoms with Gasteiger partial charge in [-0.15, -0.1) is 11.8 Å². The summed E-state index contributed by atoms with van der Waals surface area (Å²) in [5.74, 6) is 3.00. The van der Waals surface area contributed by atoms with Crippen LogP contribution in [-0.4, -0.2) is 39.8 Å². The number of carbonyl (C=O) groups is 1. The quantitative estimate of drug-likeness (QED) is 0.762. The van der Waals surface area contributed by atoms with Crippen LogP contribution in [0, 0.1) is 12.8 Å². The lowest BCUT2D eigenvalue weighted by Crippen LogP contribution is -2.29. The van der Waals surface area contributed by atoms with Gasteiger partial charge in [0.25, 0.3) is 0 Å². The normalized spacial score (nSPS) is 17.6. The molecule has 5 nitrogen and oxygen atoms in total. The number of thioether (sulfide) groups is 1.